The van der Waals surface area contributed by atoms with Crippen LogP contribution in [-0.2, 0) is 4.74 Å². The van der Waals surface area contributed by atoms with Gasteiger partial charge in [0, 0.05) is 17.4 Å². The third kappa shape index (κ3) is 2.15. The monoisotopic (exact) mass is 212 g/mol. The van der Waals surface area contributed by atoms with Crippen LogP contribution in [0.1, 0.15) is 23.8 Å². The Morgan fingerprint density at radius 1 is 1.64 bits per heavy atom. The fraction of sp³-hybridized carbons (Fsp3) is 0.600. The first kappa shape index (κ1) is 10.1. The number of hydrogen-bond donors (Lipinski definition) is 2. The van der Waals surface area contributed by atoms with Crippen LogP contribution in [0.15, 0.2) is 17.5 Å². The van der Waals surface area contributed by atoms with Crippen LogP contribution in [0.5, 0.6) is 0 Å². The Labute approximate surface area is 88.2 Å². The molecule has 3 N–H and O–H groups in total. The van der Waals surface area contributed by atoms with E-state index in [4.69, 9.17) is 10.6 Å². The lowest BCUT2D eigenvalue weighted by molar-refractivity contribution is 0.0395. The van der Waals surface area contributed by atoms with E-state index in [1.807, 2.05) is 0 Å². The van der Waals surface area contributed by atoms with Crippen molar-refractivity contribution in [1.82, 2.24) is 5.43 Å². The first-order chi connectivity index (χ1) is 6.92. The zero-order chi connectivity index (χ0) is 9.80. The SMILES string of the molecule is NNC(c1cccs1)C1CCCOC1. The molecule has 0 spiro atoms. The van der Waals surface area contributed by atoms with Crippen LogP contribution in [0.25, 0.3) is 0 Å². The number of ether oxygens (including phenoxy) is 1. The van der Waals surface area contributed by atoms with Gasteiger partial charge in [-0.3, -0.25) is 11.3 Å². The number of nitrogens with two attached hydrogens (primary N) is 1. The van der Waals surface area contributed by atoms with Crippen LogP contribution >= 0.6 is 11.3 Å². The molecule has 2 unspecified atom stereocenters. The maximum absolute atomic E-state index is 5.60. The van der Waals surface area contributed by atoms with E-state index in [2.05, 4.69) is 22.9 Å². The molecule has 1 aliphatic heterocycles. The number of nitrogens with one attached hydrogen (secondary N) is 1. The van der Waals surface area contributed by atoms with Gasteiger partial charge in [-0.05, 0) is 24.3 Å². The fourth-order valence-corrected chi connectivity index (χ4v) is 2.83. The lowest BCUT2D eigenvalue weighted by Gasteiger charge is -2.28. The molecule has 1 aromatic rings. The average Bonchev–Trinajstić information content (AvgIpc) is 2.74. The summed E-state index contributed by atoms with van der Waals surface area (Å²) in [6, 6.07) is 4.45. The largest absolute Gasteiger partial charge is 0.381 e. The summed E-state index contributed by atoms with van der Waals surface area (Å²) in [4.78, 5) is 1.31. The summed E-state index contributed by atoms with van der Waals surface area (Å²) in [7, 11) is 0. The Balaban J connectivity index is 2.04. The van der Waals surface area contributed by atoms with E-state index in [-0.39, 0.29) is 6.04 Å². The van der Waals surface area contributed by atoms with E-state index in [9.17, 15) is 0 Å². The average molecular weight is 212 g/mol. The van der Waals surface area contributed by atoms with Crippen molar-refractivity contribution in [2.75, 3.05) is 13.2 Å². The van der Waals surface area contributed by atoms with Gasteiger partial charge in [0.1, 0.15) is 0 Å². The Morgan fingerprint density at radius 2 is 2.57 bits per heavy atom. The van der Waals surface area contributed by atoms with Gasteiger partial charge in [0.05, 0.1) is 12.6 Å². The van der Waals surface area contributed by atoms with Gasteiger partial charge in [-0.15, -0.1) is 11.3 Å². The van der Waals surface area contributed by atoms with Crippen molar-refractivity contribution in [2.24, 2.45) is 11.8 Å². The van der Waals surface area contributed by atoms with Crippen LogP contribution in [0.3, 0.4) is 0 Å². The number of rotatable bonds is 3. The minimum atomic E-state index is 0.260. The van der Waals surface area contributed by atoms with Crippen LogP contribution in [0.2, 0.25) is 0 Å². The molecule has 4 heteroatoms. The standard InChI is InChI=1S/C10H16N2OS/c11-12-10(9-4-2-6-14-9)8-3-1-5-13-7-8/h2,4,6,8,10,12H,1,3,5,7,11H2. The Morgan fingerprint density at radius 3 is 3.14 bits per heavy atom. The highest BCUT2D eigenvalue weighted by molar-refractivity contribution is 7.10. The first-order valence-corrected chi connectivity index (χ1v) is 5.87. The molecule has 2 atom stereocenters. The second kappa shape index (κ2) is 4.89. The highest BCUT2D eigenvalue weighted by atomic mass is 32.1. The lowest BCUT2D eigenvalue weighted by Crippen LogP contribution is -2.36. The van der Waals surface area contributed by atoms with Crippen molar-refractivity contribution >= 4 is 11.3 Å². The molecule has 14 heavy (non-hydrogen) atoms. The van der Waals surface area contributed by atoms with E-state index in [1.54, 1.807) is 11.3 Å². The highest BCUT2D eigenvalue weighted by Gasteiger charge is 2.25. The zero-order valence-electron chi connectivity index (χ0n) is 8.11. The summed E-state index contributed by atoms with van der Waals surface area (Å²) in [5.74, 6) is 6.12. The van der Waals surface area contributed by atoms with Gasteiger partial charge in [0.2, 0.25) is 0 Å². The summed E-state index contributed by atoms with van der Waals surface area (Å²) in [5, 5.41) is 2.09. The van der Waals surface area contributed by atoms with Gasteiger partial charge in [-0.25, -0.2) is 0 Å². The molecule has 1 aliphatic rings. The fourth-order valence-electron chi connectivity index (χ4n) is 1.95. The van der Waals surface area contributed by atoms with Crippen LogP contribution in [0, 0.1) is 5.92 Å². The van der Waals surface area contributed by atoms with Crippen molar-refractivity contribution in [1.29, 1.82) is 0 Å². The third-order valence-corrected chi connectivity index (χ3v) is 3.65. The lowest BCUT2D eigenvalue weighted by atomic mass is 9.93. The van der Waals surface area contributed by atoms with Crippen molar-refractivity contribution in [2.45, 2.75) is 18.9 Å². The molecule has 1 fully saturated rings. The molecule has 0 aliphatic carbocycles. The summed E-state index contributed by atoms with van der Waals surface area (Å²) in [6.07, 6.45) is 2.35. The predicted molar refractivity (Wildman–Crippen MR) is 57.9 cm³/mol. The maximum atomic E-state index is 5.60. The molecule has 0 aromatic carbocycles. The van der Waals surface area contributed by atoms with Crippen LogP contribution in [0.4, 0.5) is 0 Å². The van der Waals surface area contributed by atoms with Gasteiger partial charge in [-0.2, -0.15) is 0 Å². The van der Waals surface area contributed by atoms with Gasteiger partial charge < -0.3 is 4.74 Å². The van der Waals surface area contributed by atoms with Crippen molar-refractivity contribution in [3.05, 3.63) is 22.4 Å². The molecule has 0 amide bonds. The minimum Gasteiger partial charge on any atom is -0.381 e. The van der Waals surface area contributed by atoms with E-state index in [1.165, 1.54) is 11.3 Å². The van der Waals surface area contributed by atoms with Gasteiger partial charge in [0.15, 0.2) is 0 Å². The molecule has 1 saturated heterocycles. The van der Waals surface area contributed by atoms with E-state index < -0.39 is 0 Å². The molecule has 0 saturated carbocycles. The highest BCUT2D eigenvalue weighted by Crippen LogP contribution is 2.30. The number of hydrogen-bond acceptors (Lipinski definition) is 4. The summed E-state index contributed by atoms with van der Waals surface area (Å²) in [5.41, 5.74) is 2.90. The molecular weight excluding hydrogens is 196 g/mol. The molecule has 0 bridgehead atoms. The summed E-state index contributed by atoms with van der Waals surface area (Å²) >= 11 is 1.75. The molecular formula is C10H16N2OS. The predicted octanol–water partition coefficient (Wildman–Crippen LogP) is 1.68. The van der Waals surface area contributed by atoms with E-state index in [0.717, 1.165) is 19.6 Å². The minimum absolute atomic E-state index is 0.260. The molecule has 1 aromatic heterocycles. The number of hydrazine groups is 1. The summed E-state index contributed by atoms with van der Waals surface area (Å²) in [6.45, 7) is 1.73. The zero-order valence-corrected chi connectivity index (χ0v) is 8.93. The maximum Gasteiger partial charge on any atom is 0.0603 e. The second-order valence-electron chi connectivity index (χ2n) is 3.64. The topological polar surface area (TPSA) is 47.3 Å². The van der Waals surface area contributed by atoms with Crippen LogP contribution < -0.4 is 11.3 Å². The van der Waals surface area contributed by atoms with Crippen molar-refractivity contribution in [3.63, 3.8) is 0 Å². The Hall–Kier alpha value is -0.420. The Kier molecular flexibility index (Phi) is 3.53. The van der Waals surface area contributed by atoms with Crippen molar-refractivity contribution < 1.29 is 4.74 Å². The summed E-state index contributed by atoms with van der Waals surface area (Å²) < 4.78 is 5.47. The van der Waals surface area contributed by atoms with Gasteiger partial charge in [0.25, 0.3) is 0 Å². The molecule has 78 valence electrons. The van der Waals surface area contributed by atoms with E-state index >= 15 is 0 Å². The first-order valence-electron chi connectivity index (χ1n) is 4.99. The second-order valence-corrected chi connectivity index (χ2v) is 4.62. The normalized spacial score (nSPS) is 24.8. The third-order valence-electron chi connectivity index (χ3n) is 2.70. The quantitative estimate of drug-likeness (QED) is 0.592. The van der Waals surface area contributed by atoms with Crippen molar-refractivity contribution in [3.8, 4) is 0 Å². The molecule has 2 rings (SSSR count). The van der Waals surface area contributed by atoms with Gasteiger partial charge >= 0.3 is 0 Å². The molecule has 3 nitrogen and oxygen atoms in total. The van der Waals surface area contributed by atoms with Crippen LogP contribution in [-0.4, -0.2) is 13.2 Å². The molecule has 0 radical (unpaired) electrons. The van der Waals surface area contributed by atoms with Gasteiger partial charge in [-0.1, -0.05) is 6.07 Å². The molecule has 2 heterocycles. The Bertz CT molecular complexity index is 257. The van der Waals surface area contributed by atoms with E-state index in [0.29, 0.717) is 5.92 Å². The smallest absolute Gasteiger partial charge is 0.0603 e. The number of thiophene rings is 1.